The molecular formula is C13H18ClFN2O2. The second-order valence-corrected chi connectivity index (χ2v) is 4.18. The van der Waals surface area contributed by atoms with Crippen LogP contribution in [0.4, 0.5) is 4.39 Å². The van der Waals surface area contributed by atoms with Crippen molar-refractivity contribution in [2.45, 2.75) is 6.42 Å². The van der Waals surface area contributed by atoms with Gasteiger partial charge in [0.25, 0.3) is 0 Å². The first-order valence-corrected chi connectivity index (χ1v) is 6.12. The molecule has 1 heterocycles. The minimum absolute atomic E-state index is 0. The molecule has 106 valence electrons. The number of hydrogen-bond donors (Lipinski definition) is 1. The van der Waals surface area contributed by atoms with Crippen LogP contribution in [0.1, 0.15) is 6.42 Å². The predicted molar refractivity (Wildman–Crippen MR) is 73.2 cm³/mol. The zero-order valence-corrected chi connectivity index (χ0v) is 11.4. The van der Waals surface area contributed by atoms with Crippen molar-refractivity contribution < 1.29 is 13.9 Å². The molecule has 1 fully saturated rings. The van der Waals surface area contributed by atoms with E-state index in [1.807, 2.05) is 4.90 Å². The first-order chi connectivity index (χ1) is 8.75. The van der Waals surface area contributed by atoms with E-state index >= 15 is 0 Å². The Labute approximate surface area is 118 Å². The minimum Gasteiger partial charge on any atom is -0.493 e. The van der Waals surface area contributed by atoms with Crippen LogP contribution in [-0.2, 0) is 4.79 Å². The van der Waals surface area contributed by atoms with Gasteiger partial charge in [-0.3, -0.25) is 4.79 Å². The standard InChI is InChI=1S/C13H17FN2O2.ClH/c14-11-1-3-12(4-2-11)18-10-5-13(17)16-8-6-15-7-9-16;/h1-4,15H,5-10H2;1H. The Morgan fingerprint density at radius 1 is 1.26 bits per heavy atom. The Morgan fingerprint density at radius 3 is 2.53 bits per heavy atom. The number of benzene rings is 1. The molecule has 0 spiro atoms. The molecule has 0 unspecified atom stereocenters. The maximum atomic E-state index is 12.7. The van der Waals surface area contributed by atoms with Gasteiger partial charge in [0, 0.05) is 26.2 Å². The normalized spacial score (nSPS) is 14.7. The number of ether oxygens (including phenoxy) is 1. The summed E-state index contributed by atoms with van der Waals surface area (Å²) < 4.78 is 18.1. The van der Waals surface area contributed by atoms with Crippen LogP contribution in [0.2, 0.25) is 0 Å². The Balaban J connectivity index is 0.00000180. The average molecular weight is 289 g/mol. The van der Waals surface area contributed by atoms with E-state index in [1.165, 1.54) is 12.1 Å². The van der Waals surface area contributed by atoms with E-state index in [9.17, 15) is 9.18 Å². The summed E-state index contributed by atoms with van der Waals surface area (Å²) in [5.74, 6) is 0.405. The van der Waals surface area contributed by atoms with Gasteiger partial charge < -0.3 is 15.0 Å². The quantitative estimate of drug-likeness (QED) is 0.912. The van der Waals surface area contributed by atoms with E-state index in [0.29, 0.717) is 18.8 Å². The Bertz CT molecular complexity index is 394. The zero-order chi connectivity index (χ0) is 12.8. The third kappa shape index (κ3) is 5.04. The van der Waals surface area contributed by atoms with Gasteiger partial charge in [-0.2, -0.15) is 0 Å². The highest BCUT2D eigenvalue weighted by Crippen LogP contribution is 2.11. The fourth-order valence-corrected chi connectivity index (χ4v) is 1.86. The van der Waals surface area contributed by atoms with Crippen LogP contribution in [-0.4, -0.2) is 43.6 Å². The zero-order valence-electron chi connectivity index (χ0n) is 10.6. The molecule has 0 bridgehead atoms. The number of amides is 1. The smallest absolute Gasteiger partial charge is 0.226 e. The van der Waals surface area contributed by atoms with Crippen LogP contribution in [0, 0.1) is 5.82 Å². The first-order valence-electron chi connectivity index (χ1n) is 6.12. The molecule has 0 saturated carbocycles. The summed E-state index contributed by atoms with van der Waals surface area (Å²) in [5, 5.41) is 3.20. The monoisotopic (exact) mass is 288 g/mol. The highest BCUT2D eigenvalue weighted by molar-refractivity contribution is 5.85. The number of halogens is 2. The van der Waals surface area contributed by atoms with Crippen molar-refractivity contribution in [2.75, 3.05) is 32.8 Å². The van der Waals surface area contributed by atoms with Crippen LogP contribution in [0.25, 0.3) is 0 Å². The highest BCUT2D eigenvalue weighted by Gasteiger charge is 2.15. The first kappa shape index (κ1) is 15.7. The molecule has 0 aromatic heterocycles. The van der Waals surface area contributed by atoms with Crippen LogP contribution in [0.5, 0.6) is 5.75 Å². The molecule has 1 aliphatic heterocycles. The number of carbonyl (C=O) groups is 1. The predicted octanol–water partition coefficient (Wildman–Crippen LogP) is 1.45. The van der Waals surface area contributed by atoms with Crippen molar-refractivity contribution in [3.8, 4) is 5.75 Å². The summed E-state index contributed by atoms with van der Waals surface area (Å²) in [5.41, 5.74) is 0. The van der Waals surface area contributed by atoms with Crippen molar-refractivity contribution >= 4 is 18.3 Å². The lowest BCUT2D eigenvalue weighted by Gasteiger charge is -2.27. The number of nitrogens with one attached hydrogen (secondary N) is 1. The molecule has 19 heavy (non-hydrogen) atoms. The molecule has 4 nitrogen and oxygen atoms in total. The van der Waals surface area contributed by atoms with Crippen molar-refractivity contribution in [1.82, 2.24) is 10.2 Å². The fraction of sp³-hybridized carbons (Fsp3) is 0.462. The van der Waals surface area contributed by atoms with E-state index in [2.05, 4.69) is 5.32 Å². The SMILES string of the molecule is Cl.O=C(CCOc1ccc(F)cc1)N1CCNCC1. The van der Waals surface area contributed by atoms with Gasteiger partial charge in [0.05, 0.1) is 13.0 Å². The maximum Gasteiger partial charge on any atom is 0.226 e. The van der Waals surface area contributed by atoms with E-state index in [-0.39, 0.29) is 24.1 Å². The van der Waals surface area contributed by atoms with Crippen LogP contribution < -0.4 is 10.1 Å². The average Bonchev–Trinajstić information content (AvgIpc) is 2.42. The Morgan fingerprint density at radius 2 is 1.89 bits per heavy atom. The van der Waals surface area contributed by atoms with Gasteiger partial charge in [-0.05, 0) is 24.3 Å². The van der Waals surface area contributed by atoms with Crippen LogP contribution in [0.3, 0.4) is 0 Å². The summed E-state index contributed by atoms with van der Waals surface area (Å²) in [6.45, 7) is 3.55. The van der Waals surface area contributed by atoms with Crippen molar-refractivity contribution in [3.63, 3.8) is 0 Å². The lowest BCUT2D eigenvalue weighted by Crippen LogP contribution is -2.46. The molecule has 1 aromatic carbocycles. The van der Waals surface area contributed by atoms with Crippen molar-refractivity contribution in [1.29, 1.82) is 0 Å². The lowest BCUT2D eigenvalue weighted by molar-refractivity contribution is -0.132. The summed E-state index contributed by atoms with van der Waals surface area (Å²) in [4.78, 5) is 13.6. The van der Waals surface area contributed by atoms with Crippen LogP contribution in [0.15, 0.2) is 24.3 Å². The summed E-state index contributed by atoms with van der Waals surface area (Å²) in [6, 6.07) is 5.80. The molecule has 1 aliphatic rings. The van der Waals surface area contributed by atoms with E-state index in [4.69, 9.17) is 4.74 Å². The summed E-state index contributed by atoms with van der Waals surface area (Å²) >= 11 is 0. The highest BCUT2D eigenvalue weighted by atomic mass is 35.5. The van der Waals surface area contributed by atoms with Gasteiger partial charge in [-0.25, -0.2) is 4.39 Å². The van der Waals surface area contributed by atoms with Gasteiger partial charge in [0.15, 0.2) is 0 Å². The molecule has 0 atom stereocenters. The van der Waals surface area contributed by atoms with E-state index < -0.39 is 0 Å². The Kier molecular flexibility index (Phi) is 6.59. The van der Waals surface area contributed by atoms with Gasteiger partial charge in [0.1, 0.15) is 11.6 Å². The third-order valence-corrected chi connectivity index (χ3v) is 2.87. The molecule has 6 heteroatoms. The summed E-state index contributed by atoms with van der Waals surface area (Å²) in [6.07, 6.45) is 0.359. The topological polar surface area (TPSA) is 41.6 Å². The lowest BCUT2D eigenvalue weighted by atomic mass is 10.3. The van der Waals surface area contributed by atoms with E-state index in [1.54, 1.807) is 12.1 Å². The molecule has 0 radical (unpaired) electrons. The third-order valence-electron chi connectivity index (χ3n) is 2.87. The van der Waals surface area contributed by atoms with Crippen LogP contribution >= 0.6 is 12.4 Å². The number of rotatable bonds is 4. The van der Waals surface area contributed by atoms with Gasteiger partial charge in [-0.1, -0.05) is 0 Å². The molecule has 0 aliphatic carbocycles. The minimum atomic E-state index is -0.292. The maximum absolute atomic E-state index is 12.7. The molecule has 1 saturated heterocycles. The number of piperazine rings is 1. The number of carbonyl (C=O) groups excluding carboxylic acids is 1. The molecular weight excluding hydrogens is 271 g/mol. The largest absolute Gasteiger partial charge is 0.493 e. The van der Waals surface area contributed by atoms with Gasteiger partial charge in [0.2, 0.25) is 5.91 Å². The molecule has 1 N–H and O–H groups in total. The van der Waals surface area contributed by atoms with E-state index in [0.717, 1.165) is 26.2 Å². The number of nitrogens with zero attached hydrogens (tertiary/aromatic N) is 1. The number of hydrogen-bond acceptors (Lipinski definition) is 3. The molecule has 2 rings (SSSR count). The second kappa shape index (κ2) is 7.96. The fourth-order valence-electron chi connectivity index (χ4n) is 1.86. The Hall–Kier alpha value is -1.33. The second-order valence-electron chi connectivity index (χ2n) is 4.18. The molecule has 1 amide bonds. The summed E-state index contributed by atoms with van der Waals surface area (Å²) in [7, 11) is 0. The van der Waals surface area contributed by atoms with Gasteiger partial charge in [-0.15, -0.1) is 12.4 Å². The van der Waals surface area contributed by atoms with Crippen molar-refractivity contribution in [2.24, 2.45) is 0 Å². The van der Waals surface area contributed by atoms with Gasteiger partial charge >= 0.3 is 0 Å². The van der Waals surface area contributed by atoms with Crippen molar-refractivity contribution in [3.05, 3.63) is 30.1 Å². The molecule has 1 aromatic rings.